The maximum atomic E-state index is 12.0. The molecule has 0 bridgehead atoms. The smallest absolute Gasteiger partial charge is 0.444 e. The molecule has 0 saturated carbocycles. The third-order valence-corrected chi connectivity index (χ3v) is 3.56. The molecule has 1 aliphatic heterocycles. The Morgan fingerprint density at radius 1 is 1.26 bits per heavy atom. The van der Waals surface area contributed by atoms with Crippen molar-refractivity contribution in [3.8, 4) is 0 Å². The molecule has 126 valence electrons. The van der Waals surface area contributed by atoms with Crippen LogP contribution in [0.4, 0.5) is 4.79 Å². The second-order valence-electron chi connectivity index (χ2n) is 6.70. The zero-order chi connectivity index (χ0) is 17.0. The zero-order valence-electron chi connectivity index (χ0n) is 13.9. The van der Waals surface area contributed by atoms with E-state index in [9.17, 15) is 4.79 Å². The van der Waals surface area contributed by atoms with E-state index in [2.05, 4.69) is 9.88 Å². The van der Waals surface area contributed by atoms with E-state index in [1.165, 1.54) is 6.20 Å². The molecule has 0 spiro atoms. The summed E-state index contributed by atoms with van der Waals surface area (Å²) >= 11 is 0. The third-order valence-electron chi connectivity index (χ3n) is 3.56. The highest BCUT2D eigenvalue weighted by molar-refractivity contribution is 6.58. The number of pyridine rings is 1. The first-order valence-corrected chi connectivity index (χ1v) is 7.76. The Kier molecular flexibility index (Phi) is 5.62. The van der Waals surface area contributed by atoms with Gasteiger partial charge in [0, 0.05) is 44.4 Å². The van der Waals surface area contributed by atoms with Gasteiger partial charge in [-0.2, -0.15) is 0 Å². The largest absolute Gasteiger partial charge is 0.490 e. The topological polar surface area (TPSA) is 86.1 Å². The molecule has 2 rings (SSSR count). The van der Waals surface area contributed by atoms with Crippen molar-refractivity contribution in [2.24, 2.45) is 0 Å². The Morgan fingerprint density at radius 3 is 2.39 bits per heavy atom. The van der Waals surface area contributed by atoms with Crippen molar-refractivity contribution in [3.05, 3.63) is 24.0 Å². The number of rotatable bonds is 3. The van der Waals surface area contributed by atoms with Crippen LogP contribution in [0.15, 0.2) is 18.3 Å². The van der Waals surface area contributed by atoms with Crippen molar-refractivity contribution in [1.82, 2.24) is 14.8 Å². The van der Waals surface area contributed by atoms with Crippen molar-refractivity contribution < 1.29 is 19.6 Å². The van der Waals surface area contributed by atoms with Crippen LogP contribution in [-0.4, -0.2) is 69.8 Å². The van der Waals surface area contributed by atoms with Crippen LogP contribution in [0.25, 0.3) is 0 Å². The molecule has 8 heteroatoms. The van der Waals surface area contributed by atoms with Crippen molar-refractivity contribution >= 4 is 18.7 Å². The molecule has 1 fully saturated rings. The van der Waals surface area contributed by atoms with Crippen LogP contribution in [0.3, 0.4) is 0 Å². The standard InChI is InChI=1S/C15H24BN3O4/c1-15(2,3)23-14(20)19-8-6-18(7-9-19)11-13-5-4-12(10-17-13)16(21)22/h4-5,10,21-22H,6-9,11H2,1-3H3. The molecule has 1 aromatic heterocycles. The van der Waals surface area contributed by atoms with Gasteiger partial charge in [0.15, 0.2) is 0 Å². The lowest BCUT2D eigenvalue weighted by atomic mass is 9.82. The number of ether oxygens (including phenoxy) is 1. The van der Waals surface area contributed by atoms with Gasteiger partial charge in [0.05, 0.1) is 5.69 Å². The van der Waals surface area contributed by atoms with Crippen LogP contribution in [0.1, 0.15) is 26.5 Å². The molecule has 7 nitrogen and oxygen atoms in total. The first-order chi connectivity index (χ1) is 10.7. The normalized spacial score (nSPS) is 16.3. The van der Waals surface area contributed by atoms with Gasteiger partial charge >= 0.3 is 13.2 Å². The van der Waals surface area contributed by atoms with E-state index in [1.807, 2.05) is 20.8 Å². The molecule has 1 amide bonds. The highest BCUT2D eigenvalue weighted by Crippen LogP contribution is 2.12. The lowest BCUT2D eigenvalue weighted by molar-refractivity contribution is 0.0138. The highest BCUT2D eigenvalue weighted by Gasteiger charge is 2.25. The summed E-state index contributed by atoms with van der Waals surface area (Å²) in [5, 5.41) is 18.1. The zero-order valence-corrected chi connectivity index (χ0v) is 13.9. The summed E-state index contributed by atoms with van der Waals surface area (Å²) < 4.78 is 5.38. The lowest BCUT2D eigenvalue weighted by Gasteiger charge is -2.35. The first-order valence-electron chi connectivity index (χ1n) is 7.76. The molecule has 0 atom stereocenters. The molecule has 1 aromatic rings. The fourth-order valence-corrected chi connectivity index (χ4v) is 2.33. The molecule has 0 unspecified atom stereocenters. The first kappa shape index (κ1) is 17.7. The maximum absolute atomic E-state index is 12.0. The van der Waals surface area contributed by atoms with Crippen LogP contribution in [-0.2, 0) is 11.3 Å². The number of amides is 1. The van der Waals surface area contributed by atoms with Crippen LogP contribution in [0.2, 0.25) is 0 Å². The molecule has 0 aromatic carbocycles. The molecule has 1 aliphatic rings. The summed E-state index contributed by atoms with van der Waals surface area (Å²) in [5.41, 5.74) is 0.764. The van der Waals surface area contributed by atoms with Gasteiger partial charge in [-0.1, -0.05) is 6.07 Å². The SMILES string of the molecule is CC(C)(C)OC(=O)N1CCN(Cc2ccc(B(O)O)cn2)CC1. The lowest BCUT2D eigenvalue weighted by Crippen LogP contribution is -2.49. The summed E-state index contributed by atoms with van der Waals surface area (Å²) in [5.74, 6) is 0. The second kappa shape index (κ2) is 7.29. The molecule has 1 saturated heterocycles. The molecule has 0 aliphatic carbocycles. The number of hydrogen-bond acceptors (Lipinski definition) is 6. The Bertz CT molecular complexity index is 523. The van der Waals surface area contributed by atoms with Gasteiger partial charge in [-0.3, -0.25) is 9.88 Å². The summed E-state index contributed by atoms with van der Waals surface area (Å²) in [6.07, 6.45) is 1.20. The van der Waals surface area contributed by atoms with Crippen molar-refractivity contribution in [2.45, 2.75) is 32.9 Å². The highest BCUT2D eigenvalue weighted by atomic mass is 16.6. The number of carbonyl (C=O) groups excluding carboxylic acids is 1. The van der Waals surface area contributed by atoms with E-state index in [1.54, 1.807) is 17.0 Å². The van der Waals surface area contributed by atoms with Crippen LogP contribution >= 0.6 is 0 Å². The minimum absolute atomic E-state index is 0.267. The average molecular weight is 321 g/mol. The third kappa shape index (κ3) is 5.49. The van der Waals surface area contributed by atoms with Crippen molar-refractivity contribution in [1.29, 1.82) is 0 Å². The summed E-state index contributed by atoms with van der Waals surface area (Å²) in [6.45, 7) is 9.02. The van der Waals surface area contributed by atoms with Gasteiger partial charge in [0.25, 0.3) is 0 Å². The number of hydrogen-bond donors (Lipinski definition) is 2. The van der Waals surface area contributed by atoms with Gasteiger partial charge in [0.1, 0.15) is 5.60 Å². The minimum atomic E-state index is -1.49. The molecule has 0 radical (unpaired) electrons. The molecular weight excluding hydrogens is 297 g/mol. The number of carbonyl (C=O) groups is 1. The summed E-state index contributed by atoms with van der Waals surface area (Å²) in [4.78, 5) is 20.2. The quantitative estimate of drug-likeness (QED) is 0.751. The van der Waals surface area contributed by atoms with E-state index < -0.39 is 12.7 Å². The predicted octanol–water partition coefficient (Wildman–Crippen LogP) is -0.186. The number of aromatic nitrogens is 1. The van der Waals surface area contributed by atoms with Gasteiger partial charge < -0.3 is 19.7 Å². The Hall–Kier alpha value is -1.64. The fraction of sp³-hybridized carbons (Fsp3) is 0.600. The Labute approximate surface area is 137 Å². The van der Waals surface area contributed by atoms with E-state index in [0.29, 0.717) is 25.1 Å². The van der Waals surface area contributed by atoms with E-state index in [4.69, 9.17) is 14.8 Å². The Balaban J connectivity index is 1.81. The van der Waals surface area contributed by atoms with Crippen LogP contribution in [0.5, 0.6) is 0 Å². The average Bonchev–Trinajstić information content (AvgIpc) is 2.46. The predicted molar refractivity (Wildman–Crippen MR) is 87.1 cm³/mol. The monoisotopic (exact) mass is 321 g/mol. The van der Waals surface area contributed by atoms with Gasteiger partial charge in [-0.15, -0.1) is 0 Å². The van der Waals surface area contributed by atoms with Crippen molar-refractivity contribution in [2.75, 3.05) is 26.2 Å². The molecule has 2 heterocycles. The number of piperazine rings is 1. The number of nitrogens with zero attached hydrogens (tertiary/aromatic N) is 3. The molecule has 2 N–H and O–H groups in total. The molecule has 23 heavy (non-hydrogen) atoms. The Morgan fingerprint density at radius 2 is 1.91 bits per heavy atom. The molecular formula is C15H24BN3O4. The van der Waals surface area contributed by atoms with E-state index in [-0.39, 0.29) is 6.09 Å². The van der Waals surface area contributed by atoms with Crippen LogP contribution < -0.4 is 5.46 Å². The summed E-state index contributed by atoms with van der Waals surface area (Å²) in [6, 6.07) is 3.44. The van der Waals surface area contributed by atoms with Crippen molar-refractivity contribution in [3.63, 3.8) is 0 Å². The fourth-order valence-electron chi connectivity index (χ4n) is 2.33. The second-order valence-corrected chi connectivity index (χ2v) is 6.70. The summed E-state index contributed by atoms with van der Waals surface area (Å²) in [7, 11) is -1.49. The van der Waals surface area contributed by atoms with E-state index >= 15 is 0 Å². The van der Waals surface area contributed by atoms with E-state index in [0.717, 1.165) is 18.8 Å². The van der Waals surface area contributed by atoms with Gasteiger partial charge in [-0.05, 0) is 26.8 Å². The maximum Gasteiger partial charge on any atom is 0.490 e. The minimum Gasteiger partial charge on any atom is -0.444 e. The van der Waals surface area contributed by atoms with Crippen LogP contribution in [0, 0.1) is 0 Å². The van der Waals surface area contributed by atoms with Gasteiger partial charge in [0.2, 0.25) is 0 Å². The van der Waals surface area contributed by atoms with Gasteiger partial charge in [-0.25, -0.2) is 4.79 Å².